The normalized spacial score (nSPS) is 15.7. The zero-order chi connectivity index (χ0) is 16.4. The van der Waals surface area contributed by atoms with Crippen LogP contribution in [-0.4, -0.2) is 46.8 Å². The number of nitrogens with zero attached hydrogens (tertiary/aromatic N) is 1. The quantitative estimate of drug-likeness (QED) is 0.777. The van der Waals surface area contributed by atoms with Crippen LogP contribution in [0.15, 0.2) is 6.07 Å². The number of carboxylic acids is 1. The SMILES string of the molecule is Cc1nc2c(C)c(OC3CCNCC3)c(OCC(=O)O)cc2[nH]1. The van der Waals surface area contributed by atoms with Crippen molar-refractivity contribution in [2.24, 2.45) is 0 Å². The van der Waals surface area contributed by atoms with Crippen molar-refractivity contribution in [2.45, 2.75) is 32.8 Å². The number of nitrogens with one attached hydrogen (secondary N) is 2. The number of H-pyrrole nitrogens is 1. The summed E-state index contributed by atoms with van der Waals surface area (Å²) in [5.74, 6) is 0.819. The Hall–Kier alpha value is -2.28. The molecule has 3 rings (SSSR count). The van der Waals surface area contributed by atoms with Gasteiger partial charge >= 0.3 is 5.97 Å². The molecule has 0 spiro atoms. The number of benzene rings is 1. The van der Waals surface area contributed by atoms with E-state index in [1.54, 1.807) is 6.07 Å². The van der Waals surface area contributed by atoms with Gasteiger partial charge in [0.05, 0.1) is 11.0 Å². The summed E-state index contributed by atoms with van der Waals surface area (Å²) in [7, 11) is 0. The number of imidazole rings is 1. The first-order chi connectivity index (χ1) is 11.0. The van der Waals surface area contributed by atoms with Crippen LogP contribution in [-0.2, 0) is 4.79 Å². The van der Waals surface area contributed by atoms with Gasteiger partial charge in [-0.05, 0) is 39.8 Å². The first-order valence-corrected chi connectivity index (χ1v) is 7.76. The van der Waals surface area contributed by atoms with Gasteiger partial charge in [0.25, 0.3) is 0 Å². The molecule has 7 heteroatoms. The minimum Gasteiger partial charge on any atom is -0.486 e. The summed E-state index contributed by atoms with van der Waals surface area (Å²) in [4.78, 5) is 18.5. The van der Waals surface area contributed by atoms with Crippen LogP contribution in [0.25, 0.3) is 11.0 Å². The molecule has 2 heterocycles. The second-order valence-corrected chi connectivity index (χ2v) is 5.80. The Morgan fingerprint density at radius 1 is 1.39 bits per heavy atom. The number of rotatable bonds is 5. The van der Waals surface area contributed by atoms with Gasteiger partial charge < -0.3 is 24.9 Å². The van der Waals surface area contributed by atoms with Crippen molar-refractivity contribution in [3.63, 3.8) is 0 Å². The molecule has 0 amide bonds. The number of aryl methyl sites for hydroxylation is 2. The van der Waals surface area contributed by atoms with E-state index in [0.29, 0.717) is 11.5 Å². The molecule has 0 bridgehead atoms. The highest BCUT2D eigenvalue weighted by atomic mass is 16.5. The second-order valence-electron chi connectivity index (χ2n) is 5.80. The van der Waals surface area contributed by atoms with Crippen LogP contribution >= 0.6 is 0 Å². The fourth-order valence-corrected chi connectivity index (χ4v) is 2.86. The highest BCUT2D eigenvalue weighted by Crippen LogP contribution is 2.37. The maximum atomic E-state index is 10.8. The molecule has 1 aliphatic heterocycles. The zero-order valence-corrected chi connectivity index (χ0v) is 13.3. The molecule has 1 aliphatic rings. The largest absolute Gasteiger partial charge is 0.486 e. The molecular formula is C16H21N3O4. The zero-order valence-electron chi connectivity index (χ0n) is 13.3. The van der Waals surface area contributed by atoms with Crippen LogP contribution in [0.2, 0.25) is 0 Å². The van der Waals surface area contributed by atoms with Gasteiger partial charge in [0.15, 0.2) is 18.1 Å². The third-order valence-electron chi connectivity index (χ3n) is 3.97. The van der Waals surface area contributed by atoms with E-state index >= 15 is 0 Å². The summed E-state index contributed by atoms with van der Waals surface area (Å²) >= 11 is 0. The van der Waals surface area contributed by atoms with Gasteiger partial charge in [0, 0.05) is 11.6 Å². The van der Waals surface area contributed by atoms with Crippen LogP contribution in [0.4, 0.5) is 0 Å². The summed E-state index contributed by atoms with van der Waals surface area (Å²) in [6, 6.07) is 1.77. The second kappa shape index (κ2) is 6.45. The molecule has 124 valence electrons. The third-order valence-corrected chi connectivity index (χ3v) is 3.97. The fraction of sp³-hybridized carbons (Fsp3) is 0.500. The number of aliphatic carboxylic acids is 1. The van der Waals surface area contributed by atoms with Gasteiger partial charge in [0.1, 0.15) is 11.9 Å². The smallest absolute Gasteiger partial charge is 0.341 e. The van der Waals surface area contributed by atoms with Gasteiger partial charge in [-0.2, -0.15) is 0 Å². The van der Waals surface area contributed by atoms with Crippen molar-refractivity contribution < 1.29 is 19.4 Å². The first-order valence-electron chi connectivity index (χ1n) is 7.76. The Morgan fingerprint density at radius 3 is 2.83 bits per heavy atom. The summed E-state index contributed by atoms with van der Waals surface area (Å²) in [5.41, 5.74) is 2.51. The predicted octanol–water partition coefficient (Wildman–Crippen LogP) is 1.77. The van der Waals surface area contributed by atoms with E-state index in [-0.39, 0.29) is 6.10 Å². The molecule has 7 nitrogen and oxygen atoms in total. The number of aromatic amines is 1. The van der Waals surface area contributed by atoms with E-state index in [4.69, 9.17) is 14.6 Å². The molecule has 1 aromatic carbocycles. The molecule has 1 aromatic heterocycles. The van der Waals surface area contributed by atoms with Crippen molar-refractivity contribution in [3.8, 4) is 11.5 Å². The van der Waals surface area contributed by atoms with Crippen molar-refractivity contribution >= 4 is 17.0 Å². The lowest BCUT2D eigenvalue weighted by atomic mass is 10.1. The van der Waals surface area contributed by atoms with E-state index in [1.807, 2.05) is 13.8 Å². The standard InChI is InChI=1S/C16H21N3O4/c1-9-15-12(18-10(2)19-15)7-13(22-8-14(20)21)16(9)23-11-3-5-17-6-4-11/h7,11,17H,3-6,8H2,1-2H3,(H,18,19)(H,20,21). The molecule has 2 aromatic rings. The van der Waals surface area contributed by atoms with E-state index in [1.165, 1.54) is 0 Å². The monoisotopic (exact) mass is 319 g/mol. The number of aromatic nitrogens is 2. The van der Waals surface area contributed by atoms with Gasteiger partial charge in [-0.1, -0.05) is 0 Å². The number of piperidine rings is 1. The molecule has 0 aliphatic carbocycles. The topological polar surface area (TPSA) is 96.5 Å². The molecule has 1 saturated heterocycles. The Kier molecular flexibility index (Phi) is 4.38. The first kappa shape index (κ1) is 15.6. The summed E-state index contributed by atoms with van der Waals surface area (Å²) in [6.45, 7) is 5.23. The van der Waals surface area contributed by atoms with Crippen molar-refractivity contribution in [2.75, 3.05) is 19.7 Å². The molecule has 1 fully saturated rings. The van der Waals surface area contributed by atoms with Gasteiger partial charge in [-0.3, -0.25) is 0 Å². The minimum atomic E-state index is -1.02. The molecule has 0 saturated carbocycles. The van der Waals surface area contributed by atoms with Crippen LogP contribution < -0.4 is 14.8 Å². The van der Waals surface area contributed by atoms with Gasteiger partial charge in [0.2, 0.25) is 0 Å². The number of hydrogen-bond donors (Lipinski definition) is 3. The maximum absolute atomic E-state index is 10.8. The van der Waals surface area contributed by atoms with Gasteiger partial charge in [-0.15, -0.1) is 0 Å². The molecule has 3 N–H and O–H groups in total. The van der Waals surface area contributed by atoms with E-state index in [9.17, 15) is 4.79 Å². The summed E-state index contributed by atoms with van der Waals surface area (Å²) < 4.78 is 11.6. The minimum absolute atomic E-state index is 0.0969. The highest BCUT2D eigenvalue weighted by Gasteiger charge is 2.21. The average molecular weight is 319 g/mol. The predicted molar refractivity (Wildman–Crippen MR) is 85.2 cm³/mol. The lowest BCUT2D eigenvalue weighted by Crippen LogP contribution is -2.34. The summed E-state index contributed by atoms with van der Waals surface area (Å²) in [6.07, 6.45) is 1.92. The van der Waals surface area contributed by atoms with Crippen molar-refractivity contribution in [1.29, 1.82) is 0 Å². The molecule has 23 heavy (non-hydrogen) atoms. The lowest BCUT2D eigenvalue weighted by molar-refractivity contribution is -0.139. The molecule has 0 atom stereocenters. The highest BCUT2D eigenvalue weighted by molar-refractivity contribution is 5.84. The number of hydrogen-bond acceptors (Lipinski definition) is 5. The molecule has 0 radical (unpaired) electrons. The van der Waals surface area contributed by atoms with E-state index in [0.717, 1.165) is 48.4 Å². The molecular weight excluding hydrogens is 298 g/mol. The average Bonchev–Trinajstić information content (AvgIpc) is 2.90. The Balaban J connectivity index is 1.97. The van der Waals surface area contributed by atoms with Crippen molar-refractivity contribution in [1.82, 2.24) is 15.3 Å². The number of ether oxygens (including phenoxy) is 2. The van der Waals surface area contributed by atoms with E-state index < -0.39 is 12.6 Å². The van der Waals surface area contributed by atoms with E-state index in [2.05, 4.69) is 15.3 Å². The lowest BCUT2D eigenvalue weighted by Gasteiger charge is -2.25. The number of carbonyl (C=O) groups is 1. The third kappa shape index (κ3) is 3.39. The van der Waals surface area contributed by atoms with Crippen LogP contribution in [0, 0.1) is 13.8 Å². The Labute approximate surface area is 134 Å². The maximum Gasteiger partial charge on any atom is 0.341 e. The number of fused-ring (bicyclic) bond motifs is 1. The summed E-state index contributed by atoms with van der Waals surface area (Å²) in [5, 5.41) is 12.2. The van der Waals surface area contributed by atoms with Crippen molar-refractivity contribution in [3.05, 3.63) is 17.5 Å². The van der Waals surface area contributed by atoms with Crippen LogP contribution in [0.5, 0.6) is 11.5 Å². The fourth-order valence-electron chi connectivity index (χ4n) is 2.86. The molecule has 0 unspecified atom stereocenters. The van der Waals surface area contributed by atoms with Crippen LogP contribution in [0.3, 0.4) is 0 Å². The van der Waals surface area contributed by atoms with Crippen LogP contribution in [0.1, 0.15) is 24.2 Å². The Morgan fingerprint density at radius 2 is 2.13 bits per heavy atom. The Bertz CT molecular complexity index is 720. The number of carboxylic acid groups (broad SMARTS) is 1. The van der Waals surface area contributed by atoms with Gasteiger partial charge in [-0.25, -0.2) is 9.78 Å².